The van der Waals surface area contributed by atoms with E-state index in [1.807, 2.05) is 44.3 Å². The SMILES string of the molecule is Cc1ccc(CCN(C)C2=NC(C)N=C(N(C)C)N2C)s1. The van der Waals surface area contributed by atoms with Gasteiger partial charge in [0.2, 0.25) is 11.9 Å². The fourth-order valence-corrected chi connectivity index (χ4v) is 3.27. The van der Waals surface area contributed by atoms with Gasteiger partial charge in [0.15, 0.2) is 0 Å². The molecule has 2 heterocycles. The van der Waals surface area contributed by atoms with Crippen LogP contribution in [0.5, 0.6) is 0 Å². The summed E-state index contributed by atoms with van der Waals surface area (Å²) < 4.78 is 0. The predicted molar refractivity (Wildman–Crippen MR) is 91.2 cm³/mol. The van der Waals surface area contributed by atoms with E-state index in [1.165, 1.54) is 9.75 Å². The standard InChI is InChI=1S/C15H25N5S/c1-11-7-8-13(21-11)9-10-19(5)15-17-12(2)16-14(18(3)4)20(15)6/h7-8,12H,9-10H2,1-6H3. The number of rotatable bonds is 3. The molecule has 0 aromatic carbocycles. The second-order valence-electron chi connectivity index (χ2n) is 5.63. The first kappa shape index (κ1) is 15.8. The van der Waals surface area contributed by atoms with Crippen LogP contribution in [0.1, 0.15) is 16.7 Å². The highest BCUT2D eigenvalue weighted by molar-refractivity contribution is 7.11. The topological polar surface area (TPSA) is 34.4 Å². The molecule has 5 nitrogen and oxygen atoms in total. The lowest BCUT2D eigenvalue weighted by Crippen LogP contribution is -2.51. The van der Waals surface area contributed by atoms with Gasteiger partial charge in [0.05, 0.1) is 0 Å². The summed E-state index contributed by atoms with van der Waals surface area (Å²) in [4.78, 5) is 18.3. The molecular weight excluding hydrogens is 282 g/mol. The number of nitrogens with zero attached hydrogens (tertiary/aromatic N) is 5. The molecule has 1 aliphatic heterocycles. The van der Waals surface area contributed by atoms with Gasteiger partial charge in [0.1, 0.15) is 6.17 Å². The van der Waals surface area contributed by atoms with Crippen molar-refractivity contribution in [3.05, 3.63) is 21.9 Å². The maximum Gasteiger partial charge on any atom is 0.205 e. The molecule has 0 spiro atoms. The van der Waals surface area contributed by atoms with Crippen LogP contribution >= 0.6 is 11.3 Å². The van der Waals surface area contributed by atoms with Crippen molar-refractivity contribution in [2.75, 3.05) is 34.7 Å². The second-order valence-corrected chi connectivity index (χ2v) is 7.00. The molecule has 0 bridgehead atoms. The summed E-state index contributed by atoms with van der Waals surface area (Å²) in [5, 5.41) is 0. The average molecular weight is 307 g/mol. The smallest absolute Gasteiger partial charge is 0.205 e. The van der Waals surface area contributed by atoms with Crippen molar-refractivity contribution in [2.24, 2.45) is 9.98 Å². The molecule has 1 aromatic rings. The molecule has 0 N–H and O–H groups in total. The quantitative estimate of drug-likeness (QED) is 0.857. The van der Waals surface area contributed by atoms with Gasteiger partial charge in [-0.15, -0.1) is 11.3 Å². The van der Waals surface area contributed by atoms with Crippen LogP contribution in [0.15, 0.2) is 22.1 Å². The number of hydrogen-bond acceptors (Lipinski definition) is 6. The van der Waals surface area contributed by atoms with Gasteiger partial charge in [0, 0.05) is 44.5 Å². The molecular formula is C15H25N5S. The Balaban J connectivity index is 2.02. The number of likely N-dealkylation sites (N-methyl/N-ethyl adjacent to an activating group) is 1. The fraction of sp³-hybridized carbons (Fsp3) is 0.600. The summed E-state index contributed by atoms with van der Waals surface area (Å²) in [5.74, 6) is 1.93. The van der Waals surface area contributed by atoms with Crippen molar-refractivity contribution in [3.63, 3.8) is 0 Å². The van der Waals surface area contributed by atoms with Crippen LogP contribution in [0.2, 0.25) is 0 Å². The Kier molecular flexibility index (Phi) is 4.88. The number of thiophene rings is 1. The molecule has 0 saturated heterocycles. The first-order chi connectivity index (χ1) is 9.88. The fourth-order valence-electron chi connectivity index (χ4n) is 2.39. The Hall–Kier alpha value is -1.56. The molecule has 1 atom stereocenters. The molecule has 0 fully saturated rings. The van der Waals surface area contributed by atoms with Crippen LogP contribution in [-0.2, 0) is 6.42 Å². The summed E-state index contributed by atoms with van der Waals surface area (Å²) in [6, 6.07) is 4.40. The molecule has 1 unspecified atom stereocenters. The maximum absolute atomic E-state index is 4.67. The Morgan fingerprint density at radius 2 is 1.86 bits per heavy atom. The Bertz CT molecular complexity index is 546. The van der Waals surface area contributed by atoms with Gasteiger partial charge < -0.3 is 9.80 Å². The highest BCUT2D eigenvalue weighted by Crippen LogP contribution is 2.16. The largest absolute Gasteiger partial charge is 0.349 e. The van der Waals surface area contributed by atoms with Gasteiger partial charge in [-0.1, -0.05) is 0 Å². The van der Waals surface area contributed by atoms with Crippen LogP contribution in [0, 0.1) is 6.92 Å². The third-order valence-corrected chi connectivity index (χ3v) is 4.50. The summed E-state index contributed by atoms with van der Waals surface area (Å²) >= 11 is 1.87. The molecule has 1 aliphatic rings. The third-order valence-electron chi connectivity index (χ3n) is 3.44. The molecule has 0 radical (unpaired) electrons. The zero-order chi connectivity index (χ0) is 15.6. The number of hydrogen-bond donors (Lipinski definition) is 0. The summed E-state index contributed by atoms with van der Waals surface area (Å²) in [7, 11) is 8.15. The second kappa shape index (κ2) is 6.47. The monoisotopic (exact) mass is 307 g/mol. The zero-order valence-corrected chi connectivity index (χ0v) is 14.6. The van der Waals surface area contributed by atoms with Gasteiger partial charge >= 0.3 is 0 Å². The number of aliphatic imine (C=N–C) groups is 2. The van der Waals surface area contributed by atoms with Crippen LogP contribution in [0.4, 0.5) is 0 Å². The maximum atomic E-state index is 4.67. The van der Waals surface area contributed by atoms with E-state index >= 15 is 0 Å². The van der Waals surface area contributed by atoms with Gasteiger partial charge in [0.25, 0.3) is 0 Å². The first-order valence-electron chi connectivity index (χ1n) is 7.21. The van der Waals surface area contributed by atoms with E-state index in [0.717, 1.165) is 24.9 Å². The van der Waals surface area contributed by atoms with E-state index in [2.05, 4.69) is 45.9 Å². The van der Waals surface area contributed by atoms with E-state index in [0.29, 0.717) is 0 Å². The van der Waals surface area contributed by atoms with Crippen molar-refractivity contribution in [1.82, 2.24) is 14.7 Å². The molecule has 6 heteroatoms. The van der Waals surface area contributed by atoms with Crippen molar-refractivity contribution in [3.8, 4) is 0 Å². The third kappa shape index (κ3) is 3.75. The summed E-state index contributed by atoms with van der Waals surface area (Å²) in [6.45, 7) is 5.13. The van der Waals surface area contributed by atoms with E-state index < -0.39 is 0 Å². The minimum atomic E-state index is -0.0277. The van der Waals surface area contributed by atoms with Crippen LogP contribution in [0.3, 0.4) is 0 Å². The van der Waals surface area contributed by atoms with Gasteiger partial charge in [-0.2, -0.15) is 0 Å². The highest BCUT2D eigenvalue weighted by Gasteiger charge is 2.24. The van der Waals surface area contributed by atoms with Crippen molar-refractivity contribution in [1.29, 1.82) is 0 Å². The Morgan fingerprint density at radius 3 is 2.43 bits per heavy atom. The molecule has 0 aliphatic carbocycles. The molecule has 0 amide bonds. The normalized spacial score (nSPS) is 18.4. The van der Waals surface area contributed by atoms with Crippen molar-refractivity contribution in [2.45, 2.75) is 26.4 Å². The molecule has 21 heavy (non-hydrogen) atoms. The van der Waals surface area contributed by atoms with Crippen LogP contribution in [0.25, 0.3) is 0 Å². The number of guanidine groups is 2. The number of aryl methyl sites for hydroxylation is 1. The van der Waals surface area contributed by atoms with Crippen LogP contribution < -0.4 is 0 Å². The summed E-state index contributed by atoms with van der Waals surface area (Å²) in [6.07, 6.45) is 1.02. The van der Waals surface area contributed by atoms with E-state index in [-0.39, 0.29) is 6.17 Å². The minimum Gasteiger partial charge on any atom is -0.349 e. The lowest BCUT2D eigenvalue weighted by atomic mass is 10.3. The van der Waals surface area contributed by atoms with Crippen molar-refractivity contribution < 1.29 is 0 Å². The molecule has 116 valence electrons. The van der Waals surface area contributed by atoms with Crippen LogP contribution in [-0.4, -0.2) is 67.5 Å². The first-order valence-corrected chi connectivity index (χ1v) is 8.03. The lowest BCUT2D eigenvalue weighted by molar-refractivity contribution is 0.412. The molecule has 0 saturated carbocycles. The Morgan fingerprint density at radius 1 is 1.19 bits per heavy atom. The average Bonchev–Trinajstić information content (AvgIpc) is 2.83. The highest BCUT2D eigenvalue weighted by atomic mass is 32.1. The minimum absolute atomic E-state index is 0.0277. The van der Waals surface area contributed by atoms with Gasteiger partial charge in [-0.05, 0) is 32.4 Å². The van der Waals surface area contributed by atoms with Crippen molar-refractivity contribution >= 4 is 23.3 Å². The predicted octanol–water partition coefficient (Wildman–Crippen LogP) is 2.10. The molecule has 1 aromatic heterocycles. The summed E-state index contributed by atoms with van der Waals surface area (Å²) in [5.41, 5.74) is 0. The molecule has 2 rings (SSSR count). The zero-order valence-electron chi connectivity index (χ0n) is 13.8. The van der Waals surface area contributed by atoms with E-state index in [9.17, 15) is 0 Å². The van der Waals surface area contributed by atoms with E-state index in [4.69, 9.17) is 0 Å². The van der Waals surface area contributed by atoms with E-state index in [1.54, 1.807) is 0 Å². The van der Waals surface area contributed by atoms with Gasteiger partial charge in [-0.3, -0.25) is 4.90 Å². The van der Waals surface area contributed by atoms with Gasteiger partial charge in [-0.25, -0.2) is 9.98 Å². The lowest BCUT2D eigenvalue weighted by Gasteiger charge is -2.35. The Labute approximate surface area is 131 Å².